The molecule has 0 heterocycles. The molecule has 0 unspecified atom stereocenters. The molecule has 0 aliphatic carbocycles. The lowest BCUT2D eigenvalue weighted by Gasteiger charge is -2.27. The van der Waals surface area contributed by atoms with Crippen molar-refractivity contribution in [3.05, 3.63) is 28.8 Å². The molecule has 0 amide bonds. The molecule has 1 aromatic rings. The molecule has 0 aliphatic rings. The second-order valence-corrected chi connectivity index (χ2v) is 8.01. The van der Waals surface area contributed by atoms with Crippen molar-refractivity contribution in [3.8, 4) is 5.75 Å². The highest BCUT2D eigenvalue weighted by Gasteiger charge is 2.24. The van der Waals surface area contributed by atoms with Gasteiger partial charge < -0.3 is 14.9 Å². The Kier molecular flexibility index (Phi) is 6.45. The Morgan fingerprint density at radius 2 is 1.59 bits per heavy atom. The zero-order valence-corrected chi connectivity index (χ0v) is 15.0. The zero-order chi connectivity index (χ0) is 17.0. The van der Waals surface area contributed by atoms with Crippen LogP contribution in [0.4, 0.5) is 0 Å². The van der Waals surface area contributed by atoms with Gasteiger partial charge in [-0.1, -0.05) is 47.6 Å². The number of aromatic hydroxyl groups is 1. The van der Waals surface area contributed by atoms with E-state index in [1.54, 1.807) is 0 Å². The molecule has 1 aromatic carbocycles. The number of aliphatic hydroxyl groups excluding tert-OH is 1. The molecule has 0 spiro atoms. The van der Waals surface area contributed by atoms with Crippen LogP contribution in [0.1, 0.15) is 71.1 Å². The van der Waals surface area contributed by atoms with E-state index in [4.69, 9.17) is 9.84 Å². The number of ether oxygens (including phenoxy) is 1. The van der Waals surface area contributed by atoms with Crippen molar-refractivity contribution in [2.24, 2.45) is 0 Å². The number of rotatable bonds is 6. The molecule has 3 heteroatoms. The first kappa shape index (κ1) is 19.0. The summed E-state index contributed by atoms with van der Waals surface area (Å²) in [7, 11) is 0. The molecule has 3 nitrogen and oxygen atoms in total. The molecule has 0 aliphatic heterocycles. The largest absolute Gasteiger partial charge is 0.507 e. The van der Waals surface area contributed by atoms with E-state index in [2.05, 4.69) is 53.7 Å². The Labute approximate surface area is 135 Å². The number of hydrogen-bond donors (Lipinski definition) is 2. The molecular weight excluding hydrogens is 276 g/mol. The maximum atomic E-state index is 10.6. The van der Waals surface area contributed by atoms with Crippen LogP contribution in [-0.4, -0.2) is 23.4 Å². The highest BCUT2D eigenvalue weighted by Crippen LogP contribution is 2.37. The van der Waals surface area contributed by atoms with Gasteiger partial charge in [-0.15, -0.1) is 0 Å². The SMILES string of the molecule is CC(C)(C)c1cc(COCCCCO)c(O)c(C(C)(C)C)c1. The number of hydrogen-bond acceptors (Lipinski definition) is 3. The van der Waals surface area contributed by atoms with Gasteiger partial charge in [-0.2, -0.15) is 0 Å². The summed E-state index contributed by atoms with van der Waals surface area (Å²) in [6.07, 6.45) is 1.59. The monoisotopic (exact) mass is 308 g/mol. The van der Waals surface area contributed by atoms with Crippen LogP contribution in [0.2, 0.25) is 0 Å². The second kappa shape index (κ2) is 7.47. The number of unbranched alkanes of at least 4 members (excludes halogenated alkanes) is 1. The Morgan fingerprint density at radius 1 is 0.955 bits per heavy atom. The molecule has 0 saturated heterocycles. The summed E-state index contributed by atoms with van der Waals surface area (Å²) >= 11 is 0. The molecule has 0 radical (unpaired) electrons. The summed E-state index contributed by atoms with van der Waals surface area (Å²) in [5.74, 6) is 0.350. The fourth-order valence-electron chi connectivity index (χ4n) is 2.31. The Hall–Kier alpha value is -1.06. The average Bonchev–Trinajstić information content (AvgIpc) is 2.37. The normalized spacial score (nSPS) is 12.7. The van der Waals surface area contributed by atoms with Crippen LogP contribution >= 0.6 is 0 Å². The van der Waals surface area contributed by atoms with E-state index in [1.165, 1.54) is 5.56 Å². The van der Waals surface area contributed by atoms with Gasteiger partial charge in [0.15, 0.2) is 0 Å². The van der Waals surface area contributed by atoms with Gasteiger partial charge in [-0.3, -0.25) is 0 Å². The summed E-state index contributed by atoms with van der Waals surface area (Å²) in [6.45, 7) is 14.1. The molecule has 0 saturated carbocycles. The van der Waals surface area contributed by atoms with Crippen LogP contribution in [-0.2, 0) is 22.2 Å². The predicted molar refractivity (Wildman–Crippen MR) is 91.5 cm³/mol. The van der Waals surface area contributed by atoms with E-state index < -0.39 is 0 Å². The average molecular weight is 308 g/mol. The van der Waals surface area contributed by atoms with Gasteiger partial charge >= 0.3 is 0 Å². The number of benzene rings is 1. The van der Waals surface area contributed by atoms with Gasteiger partial charge in [0.2, 0.25) is 0 Å². The van der Waals surface area contributed by atoms with Crippen LogP contribution < -0.4 is 0 Å². The highest BCUT2D eigenvalue weighted by molar-refractivity contribution is 5.48. The van der Waals surface area contributed by atoms with Crippen molar-refractivity contribution in [2.75, 3.05) is 13.2 Å². The van der Waals surface area contributed by atoms with E-state index in [1.807, 2.05) is 0 Å². The molecule has 0 aromatic heterocycles. The number of aliphatic hydroxyl groups is 1. The van der Waals surface area contributed by atoms with Crippen LogP contribution in [0.3, 0.4) is 0 Å². The van der Waals surface area contributed by atoms with Gasteiger partial charge in [-0.25, -0.2) is 0 Å². The maximum absolute atomic E-state index is 10.6. The zero-order valence-electron chi connectivity index (χ0n) is 15.0. The molecule has 1 rings (SSSR count). The van der Waals surface area contributed by atoms with Crippen molar-refractivity contribution in [2.45, 2.75) is 71.8 Å². The van der Waals surface area contributed by atoms with Crippen molar-refractivity contribution >= 4 is 0 Å². The van der Waals surface area contributed by atoms with Crippen molar-refractivity contribution in [3.63, 3.8) is 0 Å². The van der Waals surface area contributed by atoms with E-state index in [9.17, 15) is 5.11 Å². The third-order valence-corrected chi connectivity index (χ3v) is 3.82. The van der Waals surface area contributed by atoms with Gasteiger partial charge in [0.05, 0.1) is 6.61 Å². The summed E-state index contributed by atoms with van der Waals surface area (Å²) in [4.78, 5) is 0. The quantitative estimate of drug-likeness (QED) is 0.771. The van der Waals surface area contributed by atoms with E-state index in [0.717, 1.165) is 24.0 Å². The molecular formula is C19H32O3. The lowest BCUT2D eigenvalue weighted by Crippen LogP contribution is -2.17. The first-order valence-corrected chi connectivity index (χ1v) is 8.13. The summed E-state index contributed by atoms with van der Waals surface area (Å²) < 4.78 is 5.67. The van der Waals surface area contributed by atoms with E-state index in [0.29, 0.717) is 19.0 Å². The predicted octanol–water partition coefficient (Wildman–Crippen LogP) is 4.28. The standard InChI is InChI=1S/C19H32O3/c1-18(2,3)15-11-14(13-22-10-8-7-9-20)17(21)16(12-15)19(4,5)6/h11-12,20-21H,7-10,13H2,1-6H3. The minimum absolute atomic E-state index is 0.0271. The summed E-state index contributed by atoms with van der Waals surface area (Å²) in [5.41, 5.74) is 2.94. The maximum Gasteiger partial charge on any atom is 0.124 e. The highest BCUT2D eigenvalue weighted by atomic mass is 16.5. The Balaban J connectivity index is 3.04. The first-order valence-electron chi connectivity index (χ1n) is 8.13. The third-order valence-electron chi connectivity index (χ3n) is 3.82. The van der Waals surface area contributed by atoms with Crippen molar-refractivity contribution in [1.82, 2.24) is 0 Å². The Morgan fingerprint density at radius 3 is 2.09 bits per heavy atom. The molecule has 0 atom stereocenters. The smallest absolute Gasteiger partial charge is 0.124 e. The minimum Gasteiger partial charge on any atom is -0.507 e. The van der Waals surface area contributed by atoms with Crippen LogP contribution in [0.5, 0.6) is 5.75 Å². The molecule has 22 heavy (non-hydrogen) atoms. The third kappa shape index (κ3) is 5.29. The molecule has 126 valence electrons. The van der Waals surface area contributed by atoms with E-state index >= 15 is 0 Å². The van der Waals surface area contributed by atoms with Crippen LogP contribution in [0.25, 0.3) is 0 Å². The van der Waals surface area contributed by atoms with Crippen molar-refractivity contribution in [1.29, 1.82) is 0 Å². The number of phenolic OH excluding ortho intramolecular Hbond substituents is 1. The molecule has 0 bridgehead atoms. The van der Waals surface area contributed by atoms with Crippen molar-refractivity contribution < 1.29 is 14.9 Å². The molecule has 2 N–H and O–H groups in total. The summed E-state index contributed by atoms with van der Waals surface area (Å²) in [5, 5.41) is 19.4. The fourth-order valence-corrected chi connectivity index (χ4v) is 2.31. The molecule has 0 fully saturated rings. The van der Waals surface area contributed by atoms with Gasteiger partial charge in [0.1, 0.15) is 5.75 Å². The van der Waals surface area contributed by atoms with Gasteiger partial charge in [0.25, 0.3) is 0 Å². The first-order chi connectivity index (χ1) is 10.1. The van der Waals surface area contributed by atoms with Crippen LogP contribution in [0.15, 0.2) is 12.1 Å². The van der Waals surface area contributed by atoms with E-state index in [-0.39, 0.29) is 17.4 Å². The number of phenols is 1. The lowest BCUT2D eigenvalue weighted by molar-refractivity contribution is 0.110. The second-order valence-electron chi connectivity index (χ2n) is 8.01. The topological polar surface area (TPSA) is 49.7 Å². The summed E-state index contributed by atoms with van der Waals surface area (Å²) in [6, 6.07) is 4.17. The van der Waals surface area contributed by atoms with Gasteiger partial charge in [0, 0.05) is 18.8 Å². The van der Waals surface area contributed by atoms with Crippen LogP contribution in [0, 0.1) is 0 Å². The Bertz CT molecular complexity index is 479. The lowest BCUT2D eigenvalue weighted by atomic mass is 9.79. The van der Waals surface area contributed by atoms with Gasteiger partial charge in [-0.05, 0) is 40.9 Å². The fraction of sp³-hybridized carbons (Fsp3) is 0.684. The minimum atomic E-state index is -0.114.